The minimum absolute atomic E-state index is 0.0513. The van der Waals surface area contributed by atoms with Gasteiger partial charge in [0.15, 0.2) is 0 Å². The molecule has 1 aromatic rings. The lowest BCUT2D eigenvalue weighted by Gasteiger charge is -2.10. The van der Waals surface area contributed by atoms with Crippen molar-refractivity contribution in [1.82, 2.24) is 4.98 Å². The molecule has 3 nitrogen and oxygen atoms in total. The quantitative estimate of drug-likeness (QED) is 0.817. The molecule has 0 amide bonds. The van der Waals surface area contributed by atoms with Crippen molar-refractivity contribution in [1.29, 1.82) is 0 Å². The SMILES string of the molecule is NCc1cnc(C(F)F)c(CO)c1Cl. The molecule has 1 aromatic heterocycles. The Morgan fingerprint density at radius 2 is 2.21 bits per heavy atom. The van der Waals surface area contributed by atoms with Crippen molar-refractivity contribution in [2.75, 3.05) is 0 Å². The van der Waals surface area contributed by atoms with Crippen LogP contribution in [-0.4, -0.2) is 10.1 Å². The van der Waals surface area contributed by atoms with Crippen LogP contribution in [0.5, 0.6) is 0 Å². The van der Waals surface area contributed by atoms with Crippen LogP contribution < -0.4 is 5.73 Å². The van der Waals surface area contributed by atoms with Crippen molar-refractivity contribution in [3.8, 4) is 0 Å². The number of nitrogens with zero attached hydrogens (tertiary/aromatic N) is 1. The molecule has 0 saturated carbocycles. The summed E-state index contributed by atoms with van der Waals surface area (Å²) in [6.45, 7) is -0.471. The highest BCUT2D eigenvalue weighted by atomic mass is 35.5. The van der Waals surface area contributed by atoms with Gasteiger partial charge in [0, 0.05) is 23.9 Å². The molecule has 0 fully saturated rings. The fourth-order valence-electron chi connectivity index (χ4n) is 1.07. The van der Waals surface area contributed by atoms with Gasteiger partial charge in [0.25, 0.3) is 6.43 Å². The largest absolute Gasteiger partial charge is 0.392 e. The van der Waals surface area contributed by atoms with E-state index in [1.54, 1.807) is 0 Å². The Morgan fingerprint density at radius 3 is 2.64 bits per heavy atom. The Hall–Kier alpha value is -0.780. The van der Waals surface area contributed by atoms with Gasteiger partial charge in [-0.1, -0.05) is 11.6 Å². The molecule has 0 atom stereocenters. The van der Waals surface area contributed by atoms with Crippen LogP contribution in [0.15, 0.2) is 6.20 Å². The lowest BCUT2D eigenvalue weighted by molar-refractivity contribution is 0.141. The molecule has 0 bridgehead atoms. The number of aliphatic hydroxyl groups is 1. The standard InChI is InChI=1S/C8H9ClF2N2O/c9-6-4(1-12)2-13-7(8(10)11)5(6)3-14/h2,8,14H,1,3,12H2. The van der Waals surface area contributed by atoms with Crippen LogP contribution >= 0.6 is 11.6 Å². The van der Waals surface area contributed by atoms with Crippen LogP contribution in [-0.2, 0) is 13.2 Å². The minimum Gasteiger partial charge on any atom is -0.392 e. The molecule has 0 radical (unpaired) electrons. The molecular formula is C8H9ClF2N2O. The molecule has 0 spiro atoms. The van der Waals surface area contributed by atoms with E-state index in [0.29, 0.717) is 5.56 Å². The first-order chi connectivity index (χ1) is 6.61. The van der Waals surface area contributed by atoms with Gasteiger partial charge < -0.3 is 10.8 Å². The fourth-order valence-corrected chi connectivity index (χ4v) is 1.35. The molecule has 14 heavy (non-hydrogen) atoms. The predicted octanol–water partition coefficient (Wildman–Crippen LogP) is 1.62. The molecule has 0 saturated heterocycles. The van der Waals surface area contributed by atoms with E-state index < -0.39 is 18.7 Å². The average Bonchev–Trinajstić information content (AvgIpc) is 2.17. The number of halogens is 3. The maximum absolute atomic E-state index is 12.4. The Morgan fingerprint density at radius 1 is 1.57 bits per heavy atom. The van der Waals surface area contributed by atoms with Crippen molar-refractivity contribution in [3.05, 3.63) is 28.0 Å². The van der Waals surface area contributed by atoms with Crippen LogP contribution in [0.2, 0.25) is 5.02 Å². The lowest BCUT2D eigenvalue weighted by Crippen LogP contribution is -2.05. The lowest BCUT2D eigenvalue weighted by atomic mass is 10.1. The molecular weight excluding hydrogens is 214 g/mol. The summed E-state index contributed by atoms with van der Waals surface area (Å²) in [5.74, 6) is 0. The van der Waals surface area contributed by atoms with Gasteiger partial charge in [-0.05, 0) is 0 Å². The van der Waals surface area contributed by atoms with Gasteiger partial charge in [0.2, 0.25) is 0 Å². The van der Waals surface area contributed by atoms with Gasteiger partial charge in [0.1, 0.15) is 5.69 Å². The third-order valence-electron chi connectivity index (χ3n) is 1.80. The Bertz CT molecular complexity index is 333. The number of aliphatic hydroxyl groups excluding tert-OH is 1. The summed E-state index contributed by atoms with van der Waals surface area (Å²) >= 11 is 5.74. The van der Waals surface area contributed by atoms with Crippen LogP contribution in [0.25, 0.3) is 0 Å². The van der Waals surface area contributed by atoms with Gasteiger partial charge >= 0.3 is 0 Å². The smallest absolute Gasteiger partial charge is 0.280 e. The zero-order valence-electron chi connectivity index (χ0n) is 7.17. The van der Waals surface area contributed by atoms with Gasteiger partial charge in [-0.3, -0.25) is 4.98 Å². The molecule has 0 aliphatic heterocycles. The topological polar surface area (TPSA) is 59.1 Å². The molecule has 0 aliphatic rings. The second-order valence-corrected chi connectivity index (χ2v) is 3.00. The third kappa shape index (κ3) is 2.00. The number of aromatic nitrogens is 1. The van der Waals surface area contributed by atoms with E-state index in [-0.39, 0.29) is 17.1 Å². The van der Waals surface area contributed by atoms with E-state index in [4.69, 9.17) is 22.4 Å². The summed E-state index contributed by atoms with van der Waals surface area (Å²) in [5, 5.41) is 8.94. The van der Waals surface area contributed by atoms with Crippen molar-refractivity contribution in [2.24, 2.45) is 5.73 Å². The first-order valence-electron chi connectivity index (χ1n) is 3.87. The normalized spacial score (nSPS) is 11.0. The molecule has 1 rings (SSSR count). The highest BCUT2D eigenvalue weighted by Crippen LogP contribution is 2.28. The first kappa shape index (κ1) is 11.3. The number of rotatable bonds is 3. The van der Waals surface area contributed by atoms with Crippen LogP contribution in [0.1, 0.15) is 23.2 Å². The Labute approximate surface area is 84.5 Å². The highest BCUT2D eigenvalue weighted by molar-refractivity contribution is 6.32. The molecule has 0 aromatic carbocycles. The number of pyridine rings is 1. The predicted molar refractivity (Wildman–Crippen MR) is 48.0 cm³/mol. The Balaban J connectivity index is 3.28. The zero-order valence-corrected chi connectivity index (χ0v) is 7.93. The number of alkyl halides is 2. The summed E-state index contributed by atoms with van der Waals surface area (Å²) < 4.78 is 24.7. The van der Waals surface area contributed by atoms with E-state index in [0.717, 1.165) is 0 Å². The summed E-state index contributed by atoms with van der Waals surface area (Å²) in [5.41, 5.74) is 5.21. The van der Waals surface area contributed by atoms with E-state index in [2.05, 4.69) is 4.98 Å². The number of hydrogen-bond donors (Lipinski definition) is 2. The Kier molecular flexibility index (Phi) is 3.74. The average molecular weight is 223 g/mol. The number of nitrogens with two attached hydrogens (primary N) is 1. The summed E-state index contributed by atoms with van der Waals surface area (Å²) in [6, 6.07) is 0. The molecule has 3 N–H and O–H groups in total. The minimum atomic E-state index is -2.75. The van der Waals surface area contributed by atoms with E-state index in [9.17, 15) is 8.78 Å². The second-order valence-electron chi connectivity index (χ2n) is 2.62. The molecule has 78 valence electrons. The molecule has 6 heteroatoms. The van der Waals surface area contributed by atoms with E-state index in [1.165, 1.54) is 6.20 Å². The van der Waals surface area contributed by atoms with Crippen LogP contribution in [0, 0.1) is 0 Å². The van der Waals surface area contributed by atoms with Gasteiger partial charge in [-0.25, -0.2) is 8.78 Å². The zero-order chi connectivity index (χ0) is 10.7. The van der Waals surface area contributed by atoms with Crippen molar-refractivity contribution >= 4 is 11.6 Å². The van der Waals surface area contributed by atoms with Crippen molar-refractivity contribution in [2.45, 2.75) is 19.6 Å². The summed E-state index contributed by atoms with van der Waals surface area (Å²) in [6.07, 6.45) is -1.55. The molecule has 0 unspecified atom stereocenters. The van der Waals surface area contributed by atoms with Gasteiger partial charge in [-0.15, -0.1) is 0 Å². The van der Waals surface area contributed by atoms with Crippen LogP contribution in [0.4, 0.5) is 8.78 Å². The maximum atomic E-state index is 12.4. The first-order valence-corrected chi connectivity index (χ1v) is 4.24. The second kappa shape index (κ2) is 4.63. The van der Waals surface area contributed by atoms with E-state index in [1.807, 2.05) is 0 Å². The third-order valence-corrected chi connectivity index (χ3v) is 2.27. The summed E-state index contributed by atoms with van der Waals surface area (Å²) in [4.78, 5) is 3.51. The van der Waals surface area contributed by atoms with Gasteiger partial charge in [-0.2, -0.15) is 0 Å². The highest BCUT2D eigenvalue weighted by Gasteiger charge is 2.18. The van der Waals surface area contributed by atoms with Crippen molar-refractivity contribution < 1.29 is 13.9 Å². The van der Waals surface area contributed by atoms with Crippen molar-refractivity contribution in [3.63, 3.8) is 0 Å². The van der Waals surface area contributed by atoms with Gasteiger partial charge in [0.05, 0.1) is 11.6 Å². The summed E-state index contributed by atoms with van der Waals surface area (Å²) in [7, 11) is 0. The monoisotopic (exact) mass is 222 g/mol. The van der Waals surface area contributed by atoms with Crippen LogP contribution in [0.3, 0.4) is 0 Å². The maximum Gasteiger partial charge on any atom is 0.280 e. The van der Waals surface area contributed by atoms with E-state index >= 15 is 0 Å². The molecule has 1 heterocycles. The fraction of sp³-hybridized carbons (Fsp3) is 0.375. The number of hydrogen-bond acceptors (Lipinski definition) is 3. The molecule has 0 aliphatic carbocycles.